The van der Waals surface area contributed by atoms with Crippen molar-refractivity contribution in [1.29, 1.82) is 0 Å². The molecule has 1 aliphatic rings. The third-order valence-electron chi connectivity index (χ3n) is 3.15. The molecule has 0 atom stereocenters. The summed E-state index contributed by atoms with van der Waals surface area (Å²) < 4.78 is 0. The monoisotopic (exact) mass is 243 g/mol. The van der Waals surface area contributed by atoms with Gasteiger partial charge < -0.3 is 15.2 Å². The Kier molecular flexibility index (Phi) is 2.51. The summed E-state index contributed by atoms with van der Waals surface area (Å²) in [5, 5.41) is 3.61. The van der Waals surface area contributed by atoms with Crippen molar-refractivity contribution in [2.24, 2.45) is 0 Å². The first-order chi connectivity index (χ1) is 8.75. The highest BCUT2D eigenvalue weighted by atomic mass is 16.2. The van der Waals surface area contributed by atoms with Crippen LogP contribution in [0.2, 0.25) is 0 Å². The van der Waals surface area contributed by atoms with Crippen molar-refractivity contribution in [3.63, 3.8) is 0 Å². The lowest BCUT2D eigenvalue weighted by Crippen LogP contribution is -2.50. The average molecular weight is 243 g/mol. The van der Waals surface area contributed by atoms with Gasteiger partial charge in [0.2, 0.25) is 5.91 Å². The molecule has 0 aliphatic carbocycles. The van der Waals surface area contributed by atoms with Gasteiger partial charge >= 0.3 is 0 Å². The number of piperazine rings is 1. The number of hydrogen-bond donors (Lipinski definition) is 2. The molecule has 92 valence electrons. The predicted octanol–water partition coefficient (Wildman–Crippen LogP) is 0.740. The van der Waals surface area contributed by atoms with E-state index in [-0.39, 0.29) is 18.4 Å². The van der Waals surface area contributed by atoms with Gasteiger partial charge in [-0.1, -0.05) is 6.07 Å². The lowest BCUT2D eigenvalue weighted by atomic mass is 10.1. The molecule has 1 fully saturated rings. The molecular weight excluding hydrogens is 230 g/mol. The van der Waals surface area contributed by atoms with Crippen molar-refractivity contribution < 1.29 is 9.59 Å². The number of benzene rings is 1. The van der Waals surface area contributed by atoms with Gasteiger partial charge in [0.25, 0.3) is 5.91 Å². The third-order valence-corrected chi connectivity index (χ3v) is 3.15. The number of carbonyl (C=O) groups excluding carboxylic acids is 2. The summed E-state index contributed by atoms with van der Waals surface area (Å²) in [7, 11) is 0. The van der Waals surface area contributed by atoms with Crippen molar-refractivity contribution in [3.05, 3.63) is 36.0 Å². The molecular formula is C13H13N3O2. The highest BCUT2D eigenvalue weighted by molar-refractivity contribution is 6.07. The fourth-order valence-electron chi connectivity index (χ4n) is 2.25. The first kappa shape index (κ1) is 10.8. The van der Waals surface area contributed by atoms with Crippen LogP contribution in [0.5, 0.6) is 0 Å². The van der Waals surface area contributed by atoms with E-state index in [9.17, 15) is 9.59 Å². The van der Waals surface area contributed by atoms with E-state index in [2.05, 4.69) is 10.3 Å². The average Bonchev–Trinajstić information content (AvgIpc) is 2.86. The maximum absolute atomic E-state index is 12.4. The second-order valence-corrected chi connectivity index (χ2v) is 4.32. The van der Waals surface area contributed by atoms with Gasteiger partial charge in [-0.2, -0.15) is 0 Å². The SMILES string of the molecule is O=C1CN(C(=O)c2cccc3[nH]ccc23)CCN1. The van der Waals surface area contributed by atoms with Gasteiger partial charge in [0.1, 0.15) is 0 Å². The first-order valence-corrected chi connectivity index (χ1v) is 5.88. The van der Waals surface area contributed by atoms with Crippen molar-refractivity contribution in [2.45, 2.75) is 0 Å². The molecule has 18 heavy (non-hydrogen) atoms. The van der Waals surface area contributed by atoms with Crippen LogP contribution in [0.25, 0.3) is 10.9 Å². The highest BCUT2D eigenvalue weighted by Gasteiger charge is 2.23. The van der Waals surface area contributed by atoms with Crippen LogP contribution < -0.4 is 5.32 Å². The van der Waals surface area contributed by atoms with E-state index in [4.69, 9.17) is 0 Å². The van der Waals surface area contributed by atoms with Gasteiger partial charge in [-0.15, -0.1) is 0 Å². The normalized spacial score (nSPS) is 15.8. The third kappa shape index (κ3) is 1.73. The predicted molar refractivity (Wildman–Crippen MR) is 67.2 cm³/mol. The number of H-pyrrole nitrogens is 1. The molecule has 5 nitrogen and oxygen atoms in total. The van der Waals surface area contributed by atoms with E-state index in [1.54, 1.807) is 11.0 Å². The smallest absolute Gasteiger partial charge is 0.255 e. The second kappa shape index (κ2) is 4.18. The van der Waals surface area contributed by atoms with Crippen molar-refractivity contribution >= 4 is 22.7 Å². The number of nitrogens with zero attached hydrogens (tertiary/aromatic N) is 1. The minimum atomic E-state index is -0.101. The first-order valence-electron chi connectivity index (χ1n) is 5.88. The van der Waals surface area contributed by atoms with E-state index in [0.29, 0.717) is 18.7 Å². The van der Waals surface area contributed by atoms with Crippen LogP contribution >= 0.6 is 0 Å². The van der Waals surface area contributed by atoms with Gasteiger partial charge in [-0.3, -0.25) is 9.59 Å². The van der Waals surface area contributed by atoms with Crippen molar-refractivity contribution in [3.8, 4) is 0 Å². The van der Waals surface area contributed by atoms with Gasteiger partial charge in [0, 0.05) is 35.8 Å². The molecule has 2 heterocycles. The van der Waals surface area contributed by atoms with Crippen LogP contribution in [0, 0.1) is 0 Å². The number of rotatable bonds is 1. The zero-order valence-corrected chi connectivity index (χ0v) is 9.77. The summed E-state index contributed by atoms with van der Waals surface area (Å²) in [4.78, 5) is 28.4. The van der Waals surface area contributed by atoms with E-state index < -0.39 is 0 Å². The molecule has 0 bridgehead atoms. The number of carbonyl (C=O) groups is 2. The standard InChI is InChI=1S/C13H13N3O2/c17-12-8-16(7-6-15-12)13(18)10-2-1-3-11-9(10)4-5-14-11/h1-5,14H,6-8H2,(H,15,17). The molecule has 5 heteroatoms. The molecule has 1 aliphatic heterocycles. The largest absolute Gasteiger partial charge is 0.361 e. The van der Waals surface area contributed by atoms with Crippen LogP contribution in [0.4, 0.5) is 0 Å². The Morgan fingerprint density at radius 3 is 3.00 bits per heavy atom. The molecule has 2 aromatic rings. The molecule has 1 saturated heterocycles. The molecule has 2 amide bonds. The highest BCUT2D eigenvalue weighted by Crippen LogP contribution is 2.19. The van der Waals surface area contributed by atoms with E-state index in [1.165, 1.54) is 0 Å². The van der Waals surface area contributed by atoms with Gasteiger partial charge in [0.15, 0.2) is 0 Å². The summed E-state index contributed by atoms with van der Waals surface area (Å²) in [6.07, 6.45) is 1.81. The van der Waals surface area contributed by atoms with Crippen LogP contribution in [0.15, 0.2) is 30.5 Å². The second-order valence-electron chi connectivity index (χ2n) is 4.32. The Balaban J connectivity index is 1.96. The topological polar surface area (TPSA) is 65.2 Å². The lowest BCUT2D eigenvalue weighted by Gasteiger charge is -2.26. The molecule has 0 radical (unpaired) electrons. The minimum absolute atomic E-state index is 0.0879. The van der Waals surface area contributed by atoms with E-state index in [0.717, 1.165) is 10.9 Å². The molecule has 2 N–H and O–H groups in total. The Hall–Kier alpha value is -2.30. The number of amides is 2. The molecule has 1 aromatic carbocycles. The number of nitrogens with one attached hydrogen (secondary N) is 2. The maximum atomic E-state index is 12.4. The fourth-order valence-corrected chi connectivity index (χ4v) is 2.25. The molecule has 3 rings (SSSR count). The Labute approximate surface area is 104 Å². The van der Waals surface area contributed by atoms with Crippen LogP contribution in [-0.2, 0) is 4.79 Å². The van der Waals surface area contributed by atoms with Crippen molar-refractivity contribution in [1.82, 2.24) is 15.2 Å². The van der Waals surface area contributed by atoms with Gasteiger partial charge in [0.05, 0.1) is 6.54 Å². The number of fused-ring (bicyclic) bond motifs is 1. The quantitative estimate of drug-likeness (QED) is 0.776. The summed E-state index contributed by atoms with van der Waals surface area (Å²) in [6, 6.07) is 7.45. The number of aromatic nitrogens is 1. The fraction of sp³-hybridized carbons (Fsp3) is 0.231. The van der Waals surface area contributed by atoms with E-state index >= 15 is 0 Å². The van der Waals surface area contributed by atoms with Gasteiger partial charge in [-0.05, 0) is 18.2 Å². The van der Waals surface area contributed by atoms with Crippen molar-refractivity contribution in [2.75, 3.05) is 19.6 Å². The lowest BCUT2D eigenvalue weighted by molar-refractivity contribution is -0.123. The summed E-state index contributed by atoms with van der Waals surface area (Å²) in [5.41, 5.74) is 1.57. The molecule has 0 unspecified atom stereocenters. The maximum Gasteiger partial charge on any atom is 0.255 e. The minimum Gasteiger partial charge on any atom is -0.361 e. The van der Waals surface area contributed by atoms with Crippen LogP contribution in [0.3, 0.4) is 0 Å². The Bertz CT molecular complexity index is 617. The molecule has 0 saturated carbocycles. The number of aromatic amines is 1. The molecule has 1 aromatic heterocycles. The van der Waals surface area contributed by atoms with Gasteiger partial charge in [-0.25, -0.2) is 0 Å². The Morgan fingerprint density at radius 2 is 2.17 bits per heavy atom. The van der Waals surface area contributed by atoms with E-state index in [1.807, 2.05) is 24.4 Å². The molecule has 0 spiro atoms. The zero-order valence-electron chi connectivity index (χ0n) is 9.77. The van der Waals surface area contributed by atoms with Crippen LogP contribution in [0.1, 0.15) is 10.4 Å². The summed E-state index contributed by atoms with van der Waals surface area (Å²) >= 11 is 0. The Morgan fingerprint density at radius 1 is 1.28 bits per heavy atom. The zero-order chi connectivity index (χ0) is 12.5. The summed E-state index contributed by atoms with van der Waals surface area (Å²) in [5.74, 6) is -0.189. The number of hydrogen-bond acceptors (Lipinski definition) is 2. The van der Waals surface area contributed by atoms with Crippen LogP contribution in [-0.4, -0.2) is 41.3 Å². The summed E-state index contributed by atoms with van der Waals surface area (Å²) in [6.45, 7) is 1.22.